The topological polar surface area (TPSA) is 72.8 Å². The Morgan fingerprint density at radius 1 is 1.00 bits per heavy atom. The molecule has 0 spiro atoms. The zero-order valence-corrected chi connectivity index (χ0v) is 8.97. The van der Waals surface area contributed by atoms with Crippen LogP contribution in [0.2, 0.25) is 0 Å². The van der Waals surface area contributed by atoms with Crippen LogP contribution in [0, 0.1) is 22.7 Å². The van der Waals surface area contributed by atoms with Gasteiger partial charge in [0, 0.05) is 5.69 Å². The van der Waals surface area contributed by atoms with Crippen molar-refractivity contribution in [3.63, 3.8) is 0 Å². The summed E-state index contributed by atoms with van der Waals surface area (Å²) in [6.45, 7) is 0.508. The smallest absolute Gasteiger partial charge is 0.203 e. The second-order valence-electron chi connectivity index (χ2n) is 3.42. The van der Waals surface area contributed by atoms with Gasteiger partial charge in [-0.1, -0.05) is 0 Å². The van der Waals surface area contributed by atoms with Crippen LogP contribution in [0.3, 0.4) is 0 Å². The molecule has 0 aliphatic carbocycles. The zero-order chi connectivity index (χ0) is 12.1. The first-order chi connectivity index (χ1) is 8.31. The van der Waals surface area contributed by atoms with E-state index in [1.165, 1.54) is 0 Å². The number of nitrogens with zero attached hydrogens (tertiary/aromatic N) is 2. The lowest BCUT2D eigenvalue weighted by atomic mass is 10.2. The van der Waals surface area contributed by atoms with Gasteiger partial charge < -0.3 is 9.73 Å². The van der Waals surface area contributed by atoms with Crippen molar-refractivity contribution in [3.05, 3.63) is 53.5 Å². The normalized spacial score (nSPS) is 9.29. The summed E-state index contributed by atoms with van der Waals surface area (Å²) in [5, 5.41) is 20.4. The molecule has 4 nitrogen and oxygen atoms in total. The molecule has 2 rings (SSSR count). The van der Waals surface area contributed by atoms with E-state index in [4.69, 9.17) is 14.9 Å². The molecule has 0 amide bonds. The Morgan fingerprint density at radius 2 is 1.76 bits per heavy atom. The molecule has 82 valence electrons. The van der Waals surface area contributed by atoms with Gasteiger partial charge in [-0.25, -0.2) is 0 Å². The Morgan fingerprint density at radius 3 is 2.35 bits per heavy atom. The van der Waals surface area contributed by atoms with Crippen molar-refractivity contribution in [1.29, 1.82) is 10.5 Å². The molecule has 0 saturated carbocycles. The molecule has 2 aromatic rings. The highest BCUT2D eigenvalue weighted by Gasteiger charge is 2.00. The molecule has 1 heterocycles. The third-order valence-electron chi connectivity index (χ3n) is 2.25. The first-order valence-electron chi connectivity index (χ1n) is 5.04. The highest BCUT2D eigenvalue weighted by molar-refractivity contribution is 5.47. The van der Waals surface area contributed by atoms with Gasteiger partial charge in [0.25, 0.3) is 0 Å². The van der Waals surface area contributed by atoms with Crippen LogP contribution in [0.25, 0.3) is 0 Å². The van der Waals surface area contributed by atoms with Crippen molar-refractivity contribution in [2.24, 2.45) is 0 Å². The Hall–Kier alpha value is -2.72. The molecule has 1 aromatic heterocycles. The number of nitrogens with one attached hydrogen (secondary N) is 1. The van der Waals surface area contributed by atoms with Crippen LogP contribution in [0.15, 0.2) is 40.8 Å². The van der Waals surface area contributed by atoms with Crippen molar-refractivity contribution in [2.75, 3.05) is 5.32 Å². The quantitative estimate of drug-likeness (QED) is 0.868. The van der Waals surface area contributed by atoms with Crippen molar-refractivity contribution >= 4 is 5.69 Å². The molecule has 0 unspecified atom stereocenters. The number of anilines is 1. The van der Waals surface area contributed by atoms with Crippen LogP contribution >= 0.6 is 0 Å². The Labute approximate surface area is 98.7 Å². The molecule has 17 heavy (non-hydrogen) atoms. The standard InChI is InChI=1S/C13H9N3O/c14-7-10-1-3-11(4-2-10)16-9-13-6-5-12(8-15)17-13/h1-6,16H,9H2. The fourth-order valence-electron chi connectivity index (χ4n) is 1.38. The fraction of sp³-hybridized carbons (Fsp3) is 0.0769. The maximum absolute atomic E-state index is 8.65. The molecule has 4 heteroatoms. The van der Waals surface area contributed by atoms with E-state index < -0.39 is 0 Å². The average molecular weight is 223 g/mol. The van der Waals surface area contributed by atoms with Crippen molar-refractivity contribution in [2.45, 2.75) is 6.54 Å². The largest absolute Gasteiger partial charge is 0.449 e. The van der Waals surface area contributed by atoms with Crippen LogP contribution in [0.5, 0.6) is 0 Å². The van der Waals surface area contributed by atoms with Crippen molar-refractivity contribution in [1.82, 2.24) is 0 Å². The summed E-state index contributed by atoms with van der Waals surface area (Å²) in [5.41, 5.74) is 1.53. The van der Waals surface area contributed by atoms with Gasteiger partial charge in [-0.2, -0.15) is 10.5 Å². The number of hydrogen-bond donors (Lipinski definition) is 1. The summed E-state index contributed by atoms with van der Waals surface area (Å²) in [4.78, 5) is 0. The minimum absolute atomic E-state index is 0.307. The minimum atomic E-state index is 0.307. The van der Waals surface area contributed by atoms with Crippen LogP contribution in [-0.4, -0.2) is 0 Å². The van der Waals surface area contributed by atoms with Gasteiger partial charge >= 0.3 is 0 Å². The summed E-state index contributed by atoms with van der Waals surface area (Å²) in [5.74, 6) is 1.01. The Balaban J connectivity index is 1.98. The Kier molecular flexibility index (Phi) is 3.09. The number of rotatable bonds is 3. The van der Waals surface area contributed by atoms with Crippen LogP contribution < -0.4 is 5.32 Å². The van der Waals surface area contributed by atoms with E-state index in [-0.39, 0.29) is 0 Å². The molecule has 0 fully saturated rings. The predicted molar refractivity (Wildman–Crippen MR) is 61.9 cm³/mol. The maximum atomic E-state index is 8.65. The van der Waals surface area contributed by atoms with Gasteiger partial charge in [0.15, 0.2) is 0 Å². The molecular formula is C13H9N3O. The predicted octanol–water partition coefficient (Wildman–Crippen LogP) is 2.64. The lowest BCUT2D eigenvalue weighted by Gasteiger charge is -2.03. The van der Waals surface area contributed by atoms with E-state index in [2.05, 4.69) is 11.4 Å². The van der Waals surface area contributed by atoms with Gasteiger partial charge in [0.05, 0.1) is 18.2 Å². The number of nitriles is 2. The van der Waals surface area contributed by atoms with E-state index in [1.54, 1.807) is 24.3 Å². The van der Waals surface area contributed by atoms with Crippen molar-refractivity contribution < 1.29 is 4.42 Å². The van der Waals surface area contributed by atoms with Gasteiger partial charge in [0.1, 0.15) is 11.8 Å². The van der Waals surface area contributed by atoms with Gasteiger partial charge in [-0.15, -0.1) is 0 Å². The second-order valence-corrected chi connectivity index (χ2v) is 3.42. The lowest BCUT2D eigenvalue weighted by Crippen LogP contribution is -1.97. The molecule has 1 N–H and O–H groups in total. The van der Waals surface area contributed by atoms with E-state index in [0.717, 1.165) is 5.69 Å². The zero-order valence-electron chi connectivity index (χ0n) is 8.97. The fourth-order valence-corrected chi connectivity index (χ4v) is 1.38. The SMILES string of the molecule is N#Cc1ccc(NCc2ccc(C#N)o2)cc1. The van der Waals surface area contributed by atoms with Crippen LogP contribution in [0.4, 0.5) is 5.69 Å². The lowest BCUT2D eigenvalue weighted by molar-refractivity contribution is 0.506. The molecule has 0 aliphatic heterocycles. The molecular weight excluding hydrogens is 214 g/mol. The minimum Gasteiger partial charge on any atom is -0.449 e. The first kappa shape index (κ1) is 10.8. The number of furan rings is 1. The van der Waals surface area contributed by atoms with Crippen molar-refractivity contribution in [3.8, 4) is 12.1 Å². The van der Waals surface area contributed by atoms with Gasteiger partial charge in [0.2, 0.25) is 5.76 Å². The highest BCUT2D eigenvalue weighted by atomic mass is 16.3. The molecule has 1 aromatic carbocycles. The number of benzene rings is 1. The highest BCUT2D eigenvalue weighted by Crippen LogP contribution is 2.12. The maximum Gasteiger partial charge on any atom is 0.203 e. The van der Waals surface area contributed by atoms with E-state index in [1.807, 2.05) is 18.2 Å². The van der Waals surface area contributed by atoms with Gasteiger partial charge in [-0.05, 0) is 36.4 Å². The molecule has 0 aliphatic rings. The first-order valence-corrected chi connectivity index (χ1v) is 5.04. The second kappa shape index (κ2) is 4.87. The Bertz CT molecular complexity index is 584. The monoisotopic (exact) mass is 223 g/mol. The van der Waals surface area contributed by atoms with E-state index in [9.17, 15) is 0 Å². The third kappa shape index (κ3) is 2.64. The summed E-state index contributed by atoms with van der Waals surface area (Å²) < 4.78 is 5.22. The third-order valence-corrected chi connectivity index (χ3v) is 2.25. The van der Waals surface area contributed by atoms with Gasteiger partial charge in [-0.3, -0.25) is 0 Å². The van der Waals surface area contributed by atoms with Crippen LogP contribution in [-0.2, 0) is 6.54 Å². The average Bonchev–Trinajstić information content (AvgIpc) is 2.85. The summed E-state index contributed by atoms with van der Waals surface area (Å²) in [6, 6.07) is 14.5. The summed E-state index contributed by atoms with van der Waals surface area (Å²) in [7, 11) is 0. The molecule has 0 atom stereocenters. The van der Waals surface area contributed by atoms with E-state index in [0.29, 0.717) is 23.6 Å². The molecule has 0 radical (unpaired) electrons. The molecule has 0 bridgehead atoms. The van der Waals surface area contributed by atoms with E-state index >= 15 is 0 Å². The molecule has 0 saturated heterocycles. The van der Waals surface area contributed by atoms with Crippen LogP contribution in [0.1, 0.15) is 17.1 Å². The summed E-state index contributed by atoms with van der Waals surface area (Å²) >= 11 is 0. The number of hydrogen-bond acceptors (Lipinski definition) is 4. The summed E-state index contributed by atoms with van der Waals surface area (Å²) in [6.07, 6.45) is 0.